The number of rotatable bonds is 9. The molecule has 0 amide bonds. The lowest BCUT2D eigenvalue weighted by Crippen LogP contribution is -2.16. The lowest BCUT2D eigenvalue weighted by atomic mass is 10.1. The number of ether oxygens (including phenoxy) is 2. The molecule has 0 radical (unpaired) electrons. The van der Waals surface area contributed by atoms with E-state index in [-0.39, 0.29) is 17.5 Å². The molecule has 9 nitrogen and oxygen atoms in total. The van der Waals surface area contributed by atoms with Crippen LogP contribution < -0.4 is 15.9 Å². The van der Waals surface area contributed by atoms with Gasteiger partial charge in [-0.25, -0.2) is 15.0 Å². The maximum Gasteiger partial charge on any atom is 0.573 e. The van der Waals surface area contributed by atoms with Gasteiger partial charge in [0, 0.05) is 12.5 Å². The number of carbonyl (C=O) groups excluding carboxylic acids is 1. The van der Waals surface area contributed by atoms with E-state index in [0.717, 1.165) is 34.5 Å². The number of aryl methyl sites for hydroxylation is 2. The summed E-state index contributed by atoms with van der Waals surface area (Å²) in [7, 11) is 0. The smallest absolute Gasteiger partial charge is 0.454 e. The monoisotopic (exact) mass is 584 g/mol. The first-order valence-electron chi connectivity index (χ1n) is 12.0. The molecule has 3 aromatic carbocycles. The number of halogens is 3. The van der Waals surface area contributed by atoms with Gasteiger partial charge in [0.15, 0.2) is 5.17 Å². The molecule has 3 rings (SSSR count). The lowest BCUT2D eigenvalue weighted by molar-refractivity contribution is -0.274. The van der Waals surface area contributed by atoms with Gasteiger partial charge in [-0.15, -0.1) is 13.2 Å². The van der Waals surface area contributed by atoms with Crippen LogP contribution >= 0.6 is 11.8 Å². The van der Waals surface area contributed by atoms with Crippen LogP contribution in [0.2, 0.25) is 0 Å². The van der Waals surface area contributed by atoms with Crippen LogP contribution in [0.3, 0.4) is 0 Å². The van der Waals surface area contributed by atoms with Gasteiger partial charge in [0.05, 0.1) is 17.6 Å². The minimum Gasteiger partial charge on any atom is -0.454 e. The number of thioether (sulfide) groups is 1. The molecule has 41 heavy (non-hydrogen) atoms. The predicted molar refractivity (Wildman–Crippen MR) is 156 cm³/mol. The second kappa shape index (κ2) is 14.7. The van der Waals surface area contributed by atoms with Gasteiger partial charge in [0.1, 0.15) is 23.9 Å². The predicted octanol–water partition coefficient (Wildman–Crippen LogP) is 6.13. The highest BCUT2D eigenvalue weighted by molar-refractivity contribution is 8.13. The van der Waals surface area contributed by atoms with Gasteiger partial charge in [0.2, 0.25) is 0 Å². The van der Waals surface area contributed by atoms with E-state index < -0.39 is 12.3 Å². The Morgan fingerprint density at radius 2 is 1.68 bits per heavy atom. The molecule has 0 unspecified atom stereocenters. The molecule has 0 aliphatic heterocycles. The summed E-state index contributed by atoms with van der Waals surface area (Å²) in [6, 6.07) is 18.0. The third kappa shape index (κ3) is 10.8. The van der Waals surface area contributed by atoms with Crippen molar-refractivity contribution in [1.82, 2.24) is 5.43 Å². The Bertz CT molecular complexity index is 1430. The Labute approximate surface area is 239 Å². The second-order valence-electron chi connectivity index (χ2n) is 8.35. The first-order valence-corrected chi connectivity index (χ1v) is 13.0. The molecule has 0 aliphatic rings. The Balaban J connectivity index is 1.63. The first kappa shape index (κ1) is 30.9. The third-order valence-corrected chi connectivity index (χ3v) is 5.86. The van der Waals surface area contributed by atoms with Crippen LogP contribution in [0, 0.1) is 13.8 Å². The van der Waals surface area contributed by atoms with Crippen molar-refractivity contribution in [2.45, 2.75) is 27.1 Å². The summed E-state index contributed by atoms with van der Waals surface area (Å²) in [5.74, 6) is -0.466. The number of esters is 1. The molecule has 0 atom stereocenters. The number of aliphatic imine (C=N–C) groups is 3. The summed E-state index contributed by atoms with van der Waals surface area (Å²) in [6.45, 7) is 5.25. The third-order valence-electron chi connectivity index (χ3n) is 5.16. The van der Waals surface area contributed by atoms with E-state index in [1.54, 1.807) is 30.5 Å². The van der Waals surface area contributed by atoms with Gasteiger partial charge in [-0.1, -0.05) is 42.5 Å². The first-order chi connectivity index (χ1) is 19.5. The summed E-state index contributed by atoms with van der Waals surface area (Å²) >= 11 is 1.20. The van der Waals surface area contributed by atoms with Gasteiger partial charge in [-0.05, 0) is 66.6 Å². The maximum absolute atomic E-state index is 12.3. The number of hydrazone groups is 1. The van der Waals surface area contributed by atoms with Crippen LogP contribution in [0.25, 0.3) is 0 Å². The number of benzene rings is 3. The Morgan fingerprint density at radius 3 is 2.29 bits per heavy atom. The van der Waals surface area contributed by atoms with Crippen LogP contribution in [0.15, 0.2) is 86.8 Å². The van der Waals surface area contributed by atoms with Crippen molar-refractivity contribution in [2.75, 3.05) is 5.94 Å². The van der Waals surface area contributed by atoms with Crippen LogP contribution in [0.5, 0.6) is 5.75 Å². The van der Waals surface area contributed by atoms with Crippen molar-refractivity contribution < 1.29 is 27.4 Å². The zero-order valence-electron chi connectivity index (χ0n) is 22.3. The SMILES string of the molecule is CC(=O)OCSC(=Nc1c(C)cccc1C)N/N=C/c1ccc(C(N)=NC=Nc2ccc(OC(F)(F)F)cc2)cc1. The fourth-order valence-electron chi connectivity index (χ4n) is 3.21. The minimum atomic E-state index is -4.76. The molecule has 0 aromatic heterocycles. The van der Waals surface area contributed by atoms with Crippen molar-refractivity contribution in [2.24, 2.45) is 25.8 Å². The normalized spacial score (nSPS) is 12.6. The van der Waals surface area contributed by atoms with Crippen LogP contribution in [-0.2, 0) is 9.53 Å². The molecule has 13 heteroatoms. The van der Waals surface area contributed by atoms with E-state index in [2.05, 4.69) is 30.2 Å². The van der Waals surface area contributed by atoms with E-state index in [1.165, 1.54) is 37.2 Å². The molecule has 0 bridgehead atoms. The van der Waals surface area contributed by atoms with Gasteiger partial charge in [0.25, 0.3) is 0 Å². The largest absolute Gasteiger partial charge is 0.573 e. The summed E-state index contributed by atoms with van der Waals surface area (Å²) in [5, 5.41) is 4.71. The topological polar surface area (TPSA) is 123 Å². The highest BCUT2D eigenvalue weighted by Gasteiger charge is 2.30. The maximum atomic E-state index is 12.3. The Morgan fingerprint density at radius 1 is 1.02 bits per heavy atom. The summed E-state index contributed by atoms with van der Waals surface area (Å²) in [6.07, 6.45) is -1.96. The van der Waals surface area contributed by atoms with Gasteiger partial charge >= 0.3 is 12.3 Å². The fraction of sp³-hybridized carbons (Fsp3) is 0.179. The molecule has 0 saturated carbocycles. The average molecular weight is 585 g/mol. The molecule has 214 valence electrons. The van der Waals surface area contributed by atoms with Crippen molar-refractivity contribution >= 4 is 52.7 Å². The number of nitrogens with one attached hydrogen (secondary N) is 1. The lowest BCUT2D eigenvalue weighted by Gasteiger charge is -2.09. The molecule has 0 aliphatic carbocycles. The number of hydrogen-bond acceptors (Lipinski definition) is 7. The molecule has 0 saturated heterocycles. The van der Waals surface area contributed by atoms with E-state index in [0.29, 0.717) is 16.4 Å². The fourth-order valence-corrected chi connectivity index (χ4v) is 3.82. The summed E-state index contributed by atoms with van der Waals surface area (Å²) in [4.78, 5) is 23.9. The number of carbonyl (C=O) groups is 1. The number of amidine groups is 2. The van der Waals surface area contributed by atoms with E-state index in [4.69, 9.17) is 10.5 Å². The van der Waals surface area contributed by atoms with Crippen molar-refractivity contribution in [3.05, 3.63) is 89.0 Å². The summed E-state index contributed by atoms with van der Waals surface area (Å²) < 4.78 is 45.6. The molecule has 0 heterocycles. The van der Waals surface area contributed by atoms with Gasteiger partial charge in [-0.3, -0.25) is 10.2 Å². The van der Waals surface area contributed by atoms with E-state index in [1.807, 2.05) is 32.0 Å². The number of nitrogens with zero attached hydrogens (tertiary/aromatic N) is 4. The molecular weight excluding hydrogens is 557 g/mol. The minimum absolute atomic E-state index is 0.0794. The molecule has 0 spiro atoms. The van der Waals surface area contributed by atoms with E-state index in [9.17, 15) is 18.0 Å². The van der Waals surface area contributed by atoms with Crippen molar-refractivity contribution in [1.29, 1.82) is 0 Å². The number of nitrogens with two attached hydrogens (primary N) is 1. The highest BCUT2D eigenvalue weighted by atomic mass is 32.2. The standard InChI is InChI=1S/C28H27F3N6O3S/c1-18-5-4-6-19(2)25(18)36-27(41-17-39-20(3)38)37-35-15-21-7-9-22(10-8-21)26(32)34-16-33-23-11-13-24(14-12-23)40-28(29,30)31/h4-16H,17H2,1-3H3,(H,36,37)(H2,32,33,34)/b35-15+. The highest BCUT2D eigenvalue weighted by Crippen LogP contribution is 2.25. The zero-order chi connectivity index (χ0) is 29.8. The molecule has 3 aromatic rings. The Kier molecular flexibility index (Phi) is 11.0. The zero-order valence-corrected chi connectivity index (χ0v) is 23.2. The quantitative estimate of drug-likeness (QED) is 0.103. The van der Waals surface area contributed by atoms with Crippen LogP contribution in [0.1, 0.15) is 29.2 Å². The number of para-hydroxylation sites is 1. The van der Waals surface area contributed by atoms with Crippen LogP contribution in [0.4, 0.5) is 24.5 Å². The number of alkyl halides is 3. The van der Waals surface area contributed by atoms with Crippen molar-refractivity contribution in [3.63, 3.8) is 0 Å². The van der Waals surface area contributed by atoms with Gasteiger partial charge in [-0.2, -0.15) is 5.10 Å². The average Bonchev–Trinajstić information content (AvgIpc) is 2.91. The Hall–Kier alpha value is -4.65. The van der Waals surface area contributed by atoms with Gasteiger partial charge < -0.3 is 15.2 Å². The van der Waals surface area contributed by atoms with Crippen molar-refractivity contribution in [3.8, 4) is 5.75 Å². The second-order valence-corrected chi connectivity index (χ2v) is 9.26. The molecule has 3 N–H and O–H groups in total. The van der Waals surface area contributed by atoms with E-state index >= 15 is 0 Å². The molecular formula is C28H27F3N6O3S. The number of hydrogen-bond donors (Lipinski definition) is 2. The summed E-state index contributed by atoms with van der Waals surface area (Å²) in [5.41, 5.74) is 13.5. The van der Waals surface area contributed by atoms with Crippen LogP contribution in [-0.4, -0.2) is 41.8 Å². The molecule has 0 fully saturated rings.